The average Bonchev–Trinajstić information content (AvgIpc) is 3.36. The quantitative estimate of drug-likeness (QED) is 0.580. The van der Waals surface area contributed by atoms with Crippen LogP contribution in [0.15, 0.2) is 64.1 Å². The lowest BCUT2D eigenvalue weighted by atomic mass is 10.1. The molecule has 4 aromatic rings. The molecule has 0 radical (unpaired) electrons. The number of anilines is 1. The van der Waals surface area contributed by atoms with Crippen molar-refractivity contribution < 1.29 is 13.6 Å². The fourth-order valence-electron chi connectivity index (χ4n) is 2.41. The molecule has 0 bridgehead atoms. The molecule has 0 saturated heterocycles. The van der Waals surface area contributed by atoms with E-state index in [4.69, 9.17) is 8.83 Å². The van der Waals surface area contributed by atoms with E-state index in [1.807, 2.05) is 37.3 Å². The van der Waals surface area contributed by atoms with Crippen molar-refractivity contribution in [3.63, 3.8) is 0 Å². The Morgan fingerprint density at radius 2 is 2.08 bits per heavy atom. The molecule has 7 heteroatoms. The van der Waals surface area contributed by atoms with Gasteiger partial charge >= 0.3 is 0 Å². The van der Waals surface area contributed by atoms with Crippen molar-refractivity contribution in [3.05, 3.63) is 65.8 Å². The third-order valence-corrected chi connectivity index (χ3v) is 4.57. The number of nitrogens with zero attached hydrogens (tertiary/aromatic N) is 2. The van der Waals surface area contributed by atoms with Gasteiger partial charge in [-0.15, -0.1) is 11.3 Å². The zero-order valence-corrected chi connectivity index (χ0v) is 14.0. The molecule has 1 amide bonds. The SMILES string of the molecule is Cc1sc(-c2ccco2)nc1C(=O)Nc1cccc(-c2cnco2)c1. The Balaban J connectivity index is 1.58. The largest absolute Gasteiger partial charge is 0.462 e. The molecule has 25 heavy (non-hydrogen) atoms. The second-order valence-corrected chi connectivity index (χ2v) is 6.50. The molecule has 3 aromatic heterocycles. The summed E-state index contributed by atoms with van der Waals surface area (Å²) in [5, 5.41) is 3.56. The zero-order chi connectivity index (χ0) is 17.2. The number of aromatic nitrogens is 2. The predicted octanol–water partition coefficient (Wildman–Crippen LogP) is 4.62. The first-order valence-electron chi connectivity index (χ1n) is 7.52. The second kappa shape index (κ2) is 6.37. The normalized spacial score (nSPS) is 10.8. The van der Waals surface area contributed by atoms with Crippen molar-refractivity contribution >= 4 is 22.9 Å². The number of hydrogen-bond donors (Lipinski definition) is 1. The number of benzene rings is 1. The van der Waals surface area contributed by atoms with Gasteiger partial charge in [0.25, 0.3) is 5.91 Å². The first-order valence-corrected chi connectivity index (χ1v) is 8.34. The number of nitrogens with one attached hydrogen (secondary N) is 1. The van der Waals surface area contributed by atoms with Gasteiger partial charge in [0.15, 0.2) is 22.9 Å². The van der Waals surface area contributed by atoms with Crippen molar-refractivity contribution in [2.24, 2.45) is 0 Å². The summed E-state index contributed by atoms with van der Waals surface area (Å²) in [4.78, 5) is 21.7. The zero-order valence-electron chi connectivity index (χ0n) is 13.2. The molecule has 4 rings (SSSR count). The Morgan fingerprint density at radius 1 is 1.16 bits per heavy atom. The summed E-state index contributed by atoms with van der Waals surface area (Å²) in [6.45, 7) is 1.87. The Kier molecular flexibility index (Phi) is 3.91. The predicted molar refractivity (Wildman–Crippen MR) is 94.4 cm³/mol. The van der Waals surface area contributed by atoms with E-state index >= 15 is 0 Å². The van der Waals surface area contributed by atoms with Crippen molar-refractivity contribution in [1.29, 1.82) is 0 Å². The second-order valence-electron chi connectivity index (χ2n) is 5.30. The minimum Gasteiger partial charge on any atom is -0.462 e. The van der Waals surface area contributed by atoms with Gasteiger partial charge in [0.1, 0.15) is 5.69 Å². The highest BCUT2D eigenvalue weighted by molar-refractivity contribution is 7.15. The van der Waals surface area contributed by atoms with Crippen LogP contribution in [0.1, 0.15) is 15.4 Å². The Labute approximate surface area is 147 Å². The van der Waals surface area contributed by atoms with E-state index in [0.717, 1.165) is 10.4 Å². The van der Waals surface area contributed by atoms with Crippen molar-refractivity contribution in [2.45, 2.75) is 6.92 Å². The molecular weight excluding hydrogens is 338 g/mol. The van der Waals surface area contributed by atoms with E-state index in [1.54, 1.807) is 18.5 Å². The monoisotopic (exact) mass is 351 g/mol. The van der Waals surface area contributed by atoms with Crippen LogP contribution in [-0.2, 0) is 0 Å². The Bertz CT molecular complexity index is 1000. The maximum absolute atomic E-state index is 12.6. The van der Waals surface area contributed by atoms with Crippen LogP contribution in [0.3, 0.4) is 0 Å². The van der Waals surface area contributed by atoms with Gasteiger partial charge in [-0.2, -0.15) is 0 Å². The molecule has 0 fully saturated rings. The van der Waals surface area contributed by atoms with E-state index in [2.05, 4.69) is 15.3 Å². The highest BCUT2D eigenvalue weighted by Crippen LogP contribution is 2.29. The van der Waals surface area contributed by atoms with Crippen molar-refractivity contribution in [2.75, 3.05) is 5.32 Å². The third-order valence-electron chi connectivity index (χ3n) is 3.58. The minimum absolute atomic E-state index is 0.263. The summed E-state index contributed by atoms with van der Waals surface area (Å²) < 4.78 is 10.6. The number of amides is 1. The molecule has 0 spiro atoms. The molecule has 0 unspecified atom stereocenters. The van der Waals surface area contributed by atoms with Crippen molar-refractivity contribution in [1.82, 2.24) is 9.97 Å². The van der Waals surface area contributed by atoms with Crippen LogP contribution in [0.2, 0.25) is 0 Å². The highest BCUT2D eigenvalue weighted by Gasteiger charge is 2.18. The molecule has 1 aromatic carbocycles. The molecule has 0 atom stereocenters. The molecule has 0 aliphatic heterocycles. The maximum atomic E-state index is 12.6. The summed E-state index contributed by atoms with van der Waals surface area (Å²) in [6.07, 6.45) is 4.58. The Hall–Kier alpha value is -3.19. The van der Waals surface area contributed by atoms with Crippen LogP contribution in [0, 0.1) is 6.92 Å². The van der Waals surface area contributed by atoms with Crippen LogP contribution in [-0.4, -0.2) is 15.9 Å². The molecule has 124 valence electrons. The van der Waals surface area contributed by atoms with Gasteiger partial charge in [0.2, 0.25) is 0 Å². The van der Waals surface area contributed by atoms with Gasteiger partial charge in [-0.05, 0) is 31.2 Å². The molecule has 0 aliphatic carbocycles. The molecular formula is C18H13N3O3S. The summed E-state index contributed by atoms with van der Waals surface area (Å²) >= 11 is 1.42. The van der Waals surface area contributed by atoms with E-state index in [-0.39, 0.29) is 5.91 Å². The van der Waals surface area contributed by atoms with Gasteiger partial charge in [0, 0.05) is 16.1 Å². The lowest BCUT2D eigenvalue weighted by molar-refractivity contribution is 0.102. The smallest absolute Gasteiger partial charge is 0.275 e. The minimum atomic E-state index is -0.263. The first kappa shape index (κ1) is 15.3. The van der Waals surface area contributed by atoms with Gasteiger partial charge < -0.3 is 14.2 Å². The maximum Gasteiger partial charge on any atom is 0.275 e. The van der Waals surface area contributed by atoms with Crippen LogP contribution in [0.25, 0.3) is 22.1 Å². The number of hydrogen-bond acceptors (Lipinski definition) is 6. The lowest BCUT2D eigenvalue weighted by Crippen LogP contribution is -2.13. The number of thiazole rings is 1. The standard InChI is InChI=1S/C18H13N3O3S/c1-11-16(21-18(25-11)14-6-3-7-23-14)17(22)20-13-5-2-4-12(8-13)15-9-19-10-24-15/h2-10H,1H3,(H,20,22). The Morgan fingerprint density at radius 3 is 2.84 bits per heavy atom. The fourth-order valence-corrected chi connectivity index (χ4v) is 3.29. The van der Waals surface area contributed by atoms with Gasteiger partial charge in [-0.3, -0.25) is 4.79 Å². The number of carbonyl (C=O) groups excluding carboxylic acids is 1. The molecule has 1 N–H and O–H groups in total. The summed E-state index contributed by atoms with van der Waals surface area (Å²) in [5.41, 5.74) is 1.88. The highest BCUT2D eigenvalue weighted by atomic mass is 32.1. The molecule has 0 aliphatic rings. The van der Waals surface area contributed by atoms with Gasteiger partial charge in [-0.1, -0.05) is 12.1 Å². The first-order chi connectivity index (χ1) is 12.2. The molecule has 6 nitrogen and oxygen atoms in total. The topological polar surface area (TPSA) is 81.2 Å². The average molecular weight is 351 g/mol. The van der Waals surface area contributed by atoms with Crippen LogP contribution < -0.4 is 5.32 Å². The van der Waals surface area contributed by atoms with Crippen LogP contribution in [0.4, 0.5) is 5.69 Å². The fraction of sp³-hybridized carbons (Fsp3) is 0.0556. The van der Waals surface area contributed by atoms with Crippen molar-refractivity contribution in [3.8, 4) is 22.1 Å². The lowest BCUT2D eigenvalue weighted by Gasteiger charge is -2.05. The van der Waals surface area contributed by atoms with Gasteiger partial charge in [0.05, 0.1) is 12.5 Å². The number of rotatable bonds is 4. The number of aryl methyl sites for hydroxylation is 1. The number of furan rings is 1. The molecule has 0 saturated carbocycles. The van der Waals surface area contributed by atoms with Gasteiger partial charge in [-0.25, -0.2) is 9.97 Å². The van der Waals surface area contributed by atoms with Crippen LogP contribution in [0.5, 0.6) is 0 Å². The van der Waals surface area contributed by atoms with E-state index < -0.39 is 0 Å². The number of oxazole rings is 1. The third kappa shape index (κ3) is 3.09. The van der Waals surface area contributed by atoms with E-state index in [1.165, 1.54) is 17.7 Å². The van der Waals surface area contributed by atoms with Crippen LogP contribution >= 0.6 is 11.3 Å². The summed E-state index contributed by atoms with van der Waals surface area (Å²) in [5.74, 6) is 1.03. The number of carbonyl (C=O) groups is 1. The molecule has 3 heterocycles. The van der Waals surface area contributed by atoms with E-state index in [9.17, 15) is 4.79 Å². The summed E-state index contributed by atoms with van der Waals surface area (Å²) in [7, 11) is 0. The van der Waals surface area contributed by atoms with E-state index in [0.29, 0.717) is 27.9 Å². The summed E-state index contributed by atoms with van der Waals surface area (Å²) in [6, 6.07) is 11.0.